The van der Waals surface area contributed by atoms with Gasteiger partial charge in [0.15, 0.2) is 5.60 Å². The molecule has 0 aliphatic carbocycles. The molecule has 1 aliphatic rings. The number of amides is 2. The van der Waals surface area contributed by atoms with E-state index in [-0.39, 0.29) is 18.4 Å². The second kappa shape index (κ2) is 8.74. The summed E-state index contributed by atoms with van der Waals surface area (Å²) in [5.74, 6) is -0.208. The van der Waals surface area contributed by atoms with E-state index in [0.717, 1.165) is 11.3 Å². The van der Waals surface area contributed by atoms with E-state index in [1.165, 1.54) is 0 Å². The second-order valence-electron chi connectivity index (χ2n) is 8.49. The smallest absolute Gasteiger partial charge is 0.254 e. The minimum absolute atomic E-state index is 0.0158. The Labute approximate surface area is 172 Å². The van der Waals surface area contributed by atoms with Gasteiger partial charge in [-0.05, 0) is 17.7 Å². The quantitative estimate of drug-likeness (QED) is 0.845. The number of hydrogen-bond donors (Lipinski definition) is 1. The van der Waals surface area contributed by atoms with Crippen molar-refractivity contribution >= 4 is 11.8 Å². The molecule has 1 fully saturated rings. The van der Waals surface area contributed by atoms with Gasteiger partial charge < -0.3 is 15.0 Å². The summed E-state index contributed by atoms with van der Waals surface area (Å²) in [4.78, 5) is 32.3. The van der Waals surface area contributed by atoms with Gasteiger partial charge in [0.25, 0.3) is 5.91 Å². The van der Waals surface area contributed by atoms with Crippen molar-refractivity contribution in [3.63, 3.8) is 0 Å². The maximum absolute atomic E-state index is 13.3. The number of nitrogens with one attached hydrogen (secondary N) is 1. The zero-order chi connectivity index (χ0) is 20.9. The molecule has 2 aromatic rings. The van der Waals surface area contributed by atoms with Crippen LogP contribution in [0.2, 0.25) is 0 Å². The highest BCUT2D eigenvalue weighted by atomic mass is 16.5. The van der Waals surface area contributed by atoms with E-state index in [1.54, 1.807) is 11.1 Å². The van der Waals surface area contributed by atoms with E-state index in [2.05, 4.69) is 10.3 Å². The van der Waals surface area contributed by atoms with Crippen LogP contribution in [0.4, 0.5) is 0 Å². The number of hydrogen-bond acceptors (Lipinski definition) is 4. The molecule has 0 spiro atoms. The maximum atomic E-state index is 13.3. The molecule has 0 bridgehead atoms. The molecule has 1 aromatic heterocycles. The zero-order valence-corrected chi connectivity index (χ0v) is 17.4. The average Bonchev–Trinajstić information content (AvgIpc) is 2.72. The van der Waals surface area contributed by atoms with Crippen LogP contribution in [0.15, 0.2) is 54.7 Å². The zero-order valence-electron chi connectivity index (χ0n) is 17.4. The molecule has 1 saturated heterocycles. The van der Waals surface area contributed by atoms with Gasteiger partial charge in [-0.15, -0.1) is 0 Å². The van der Waals surface area contributed by atoms with Crippen LogP contribution in [0.5, 0.6) is 0 Å². The molecule has 1 unspecified atom stereocenters. The Morgan fingerprint density at radius 2 is 1.86 bits per heavy atom. The summed E-state index contributed by atoms with van der Waals surface area (Å²) in [5.41, 5.74) is 0.0800. The fourth-order valence-corrected chi connectivity index (χ4v) is 3.49. The monoisotopic (exact) mass is 395 g/mol. The Hall–Kier alpha value is -2.73. The highest BCUT2D eigenvalue weighted by Gasteiger charge is 2.46. The summed E-state index contributed by atoms with van der Waals surface area (Å²) in [6, 6.07) is 15.3. The van der Waals surface area contributed by atoms with Crippen molar-refractivity contribution in [2.45, 2.75) is 39.3 Å². The molecule has 2 heterocycles. The SMILES string of the molecule is CC(C)(C)C(=O)N1CCOC(Cc2ccccn2)(C(=O)NCc2ccccc2)C1. The lowest BCUT2D eigenvalue weighted by molar-refractivity contribution is -0.169. The molecule has 0 radical (unpaired) electrons. The minimum atomic E-state index is -1.16. The molecule has 6 heteroatoms. The third kappa shape index (κ3) is 5.21. The second-order valence-corrected chi connectivity index (χ2v) is 8.49. The van der Waals surface area contributed by atoms with Crippen LogP contribution in [0, 0.1) is 5.41 Å². The Bertz CT molecular complexity index is 833. The lowest BCUT2D eigenvalue weighted by Gasteiger charge is -2.43. The van der Waals surface area contributed by atoms with E-state index < -0.39 is 11.0 Å². The normalized spacial score (nSPS) is 19.6. The molecule has 6 nitrogen and oxygen atoms in total. The van der Waals surface area contributed by atoms with Crippen molar-refractivity contribution in [1.29, 1.82) is 0 Å². The van der Waals surface area contributed by atoms with Crippen molar-refractivity contribution < 1.29 is 14.3 Å². The van der Waals surface area contributed by atoms with Crippen molar-refractivity contribution in [3.8, 4) is 0 Å². The number of carbonyl (C=O) groups is 2. The molecule has 3 rings (SSSR count). The van der Waals surface area contributed by atoms with E-state index in [9.17, 15) is 9.59 Å². The van der Waals surface area contributed by atoms with Crippen molar-refractivity contribution in [2.24, 2.45) is 5.41 Å². The fraction of sp³-hybridized carbons (Fsp3) is 0.435. The fourth-order valence-electron chi connectivity index (χ4n) is 3.49. The molecule has 1 aliphatic heterocycles. The minimum Gasteiger partial charge on any atom is -0.361 e. The van der Waals surface area contributed by atoms with Gasteiger partial charge >= 0.3 is 0 Å². The predicted octanol–water partition coefficient (Wildman–Crippen LogP) is 2.58. The summed E-state index contributed by atoms with van der Waals surface area (Å²) in [6.45, 7) is 7.07. The molecule has 29 heavy (non-hydrogen) atoms. The highest BCUT2D eigenvalue weighted by molar-refractivity contribution is 5.88. The third-order valence-electron chi connectivity index (χ3n) is 5.02. The first kappa shape index (κ1) is 21.0. The highest BCUT2D eigenvalue weighted by Crippen LogP contribution is 2.27. The number of ether oxygens (including phenoxy) is 1. The largest absolute Gasteiger partial charge is 0.361 e. The van der Waals surface area contributed by atoms with E-state index in [0.29, 0.717) is 26.1 Å². The molecular formula is C23H29N3O3. The molecule has 1 N–H and O–H groups in total. The van der Waals surface area contributed by atoms with E-state index in [4.69, 9.17) is 4.74 Å². The number of nitrogens with zero attached hydrogens (tertiary/aromatic N) is 2. The van der Waals surface area contributed by atoms with Crippen LogP contribution < -0.4 is 5.32 Å². The van der Waals surface area contributed by atoms with Gasteiger partial charge in [-0.2, -0.15) is 0 Å². The van der Waals surface area contributed by atoms with Gasteiger partial charge in [-0.1, -0.05) is 57.2 Å². The Morgan fingerprint density at radius 1 is 1.14 bits per heavy atom. The summed E-state index contributed by atoms with van der Waals surface area (Å²) in [7, 11) is 0. The third-order valence-corrected chi connectivity index (χ3v) is 5.02. The van der Waals surface area contributed by atoms with E-state index in [1.807, 2.05) is 69.3 Å². The van der Waals surface area contributed by atoms with Crippen molar-refractivity contribution in [1.82, 2.24) is 15.2 Å². The molecule has 1 aromatic carbocycles. The van der Waals surface area contributed by atoms with Crippen LogP contribution >= 0.6 is 0 Å². The number of benzene rings is 1. The first-order chi connectivity index (χ1) is 13.8. The lowest BCUT2D eigenvalue weighted by Crippen LogP contribution is -2.63. The molecule has 0 saturated carbocycles. The number of pyridine rings is 1. The first-order valence-corrected chi connectivity index (χ1v) is 9.96. The Kier molecular flexibility index (Phi) is 6.33. The van der Waals surface area contributed by atoms with E-state index >= 15 is 0 Å². The van der Waals surface area contributed by atoms with Crippen LogP contribution in [-0.4, -0.2) is 47.0 Å². The molecule has 1 atom stereocenters. The standard InChI is InChI=1S/C23H29N3O3/c1-22(2,3)21(28)26-13-14-29-23(17-26,15-19-11-7-8-12-24-19)20(27)25-16-18-9-5-4-6-10-18/h4-12H,13-17H2,1-3H3,(H,25,27). The molecule has 2 amide bonds. The van der Waals surface area contributed by atoms with Gasteiger partial charge in [0.1, 0.15) is 0 Å². The number of aromatic nitrogens is 1. The Morgan fingerprint density at radius 3 is 2.52 bits per heavy atom. The first-order valence-electron chi connectivity index (χ1n) is 9.96. The summed E-state index contributed by atoms with van der Waals surface area (Å²) < 4.78 is 6.07. The molecular weight excluding hydrogens is 366 g/mol. The predicted molar refractivity (Wildman–Crippen MR) is 111 cm³/mol. The van der Waals surface area contributed by atoms with Gasteiger partial charge in [0.2, 0.25) is 5.91 Å². The number of morpholine rings is 1. The summed E-state index contributed by atoms with van der Waals surface area (Å²) in [6.07, 6.45) is 2.01. The van der Waals surface area contributed by atoms with Crippen LogP contribution in [0.3, 0.4) is 0 Å². The van der Waals surface area contributed by atoms with Crippen molar-refractivity contribution in [3.05, 3.63) is 66.0 Å². The maximum Gasteiger partial charge on any atom is 0.254 e. The van der Waals surface area contributed by atoms with Crippen LogP contribution in [0.1, 0.15) is 32.0 Å². The number of rotatable bonds is 5. The Balaban J connectivity index is 1.83. The van der Waals surface area contributed by atoms with Crippen molar-refractivity contribution in [2.75, 3.05) is 19.7 Å². The molecule has 154 valence electrons. The van der Waals surface area contributed by atoms with Crippen LogP contribution in [0.25, 0.3) is 0 Å². The van der Waals surface area contributed by atoms with Gasteiger partial charge in [-0.3, -0.25) is 14.6 Å². The average molecular weight is 396 g/mol. The number of carbonyl (C=O) groups excluding carboxylic acids is 2. The van der Waals surface area contributed by atoms with Gasteiger partial charge in [0.05, 0.1) is 13.2 Å². The van der Waals surface area contributed by atoms with Gasteiger partial charge in [-0.25, -0.2) is 0 Å². The van der Waals surface area contributed by atoms with Crippen LogP contribution in [-0.2, 0) is 27.3 Å². The summed E-state index contributed by atoms with van der Waals surface area (Å²) in [5, 5.41) is 3.00. The van der Waals surface area contributed by atoms with Gasteiger partial charge in [0, 0.05) is 36.8 Å². The summed E-state index contributed by atoms with van der Waals surface area (Å²) >= 11 is 0. The lowest BCUT2D eigenvalue weighted by atomic mass is 9.90. The topological polar surface area (TPSA) is 71.5 Å².